The topological polar surface area (TPSA) is 148 Å². The number of carbonyl (C=O) groups is 4. The van der Waals surface area contributed by atoms with Gasteiger partial charge in [-0.25, -0.2) is 9.59 Å². The highest BCUT2D eigenvalue weighted by atomic mass is 16.6. The minimum atomic E-state index is -0.559. The summed E-state index contributed by atoms with van der Waals surface area (Å²) < 4.78 is 22.3. The standard InChI is InChI=1S/C38H53N5O8/c1-38(2,3)51-36(46)40-16-22-48-21-15-33(44)39-17-23-49-30-11-7-10-29(24-30)35(27-8-5-4-6-9-27)28-12-18-42(19-13-28)37(47)43-20-14-32-31(25-43)41-34(45)26-50-32/h4-11,24,28,31-32,35H,12-23,25-26H2,1-3H3,(H,39,44)(H,40,46)(H,41,45)/t31-,32+,35+/m1/s1. The number of carbonyl (C=O) groups excluding carboxylic acids is 4. The molecule has 3 atom stereocenters. The van der Waals surface area contributed by atoms with E-state index in [1.807, 2.05) is 28.0 Å². The smallest absolute Gasteiger partial charge is 0.407 e. The van der Waals surface area contributed by atoms with Gasteiger partial charge in [-0.05, 0) is 69.2 Å². The number of morpholine rings is 1. The van der Waals surface area contributed by atoms with Gasteiger partial charge in [0.15, 0.2) is 0 Å². The van der Waals surface area contributed by atoms with E-state index in [0.717, 1.165) is 30.6 Å². The van der Waals surface area contributed by atoms with Gasteiger partial charge in [-0.1, -0.05) is 42.5 Å². The van der Waals surface area contributed by atoms with E-state index in [2.05, 4.69) is 52.3 Å². The van der Waals surface area contributed by atoms with Crippen LogP contribution >= 0.6 is 0 Å². The van der Waals surface area contributed by atoms with Crippen molar-refractivity contribution in [3.63, 3.8) is 0 Å². The van der Waals surface area contributed by atoms with E-state index in [0.29, 0.717) is 51.8 Å². The average molecular weight is 708 g/mol. The number of fused-ring (bicyclic) bond motifs is 1. The van der Waals surface area contributed by atoms with E-state index >= 15 is 0 Å². The molecule has 0 aliphatic carbocycles. The Bertz CT molecular complexity index is 1460. The molecule has 5 amide bonds. The predicted octanol–water partition coefficient (Wildman–Crippen LogP) is 3.67. The Hall–Kier alpha value is -4.36. The fraction of sp³-hybridized carbons (Fsp3) is 0.579. The van der Waals surface area contributed by atoms with E-state index in [4.69, 9.17) is 18.9 Å². The first-order valence-corrected chi connectivity index (χ1v) is 18.1. The maximum Gasteiger partial charge on any atom is 0.407 e. The van der Waals surface area contributed by atoms with Gasteiger partial charge in [0.05, 0.1) is 31.9 Å². The van der Waals surface area contributed by atoms with Crippen molar-refractivity contribution in [2.75, 3.05) is 65.7 Å². The molecule has 3 aliphatic rings. The summed E-state index contributed by atoms with van der Waals surface area (Å²) in [6, 6.07) is 18.5. The molecule has 0 bridgehead atoms. The number of likely N-dealkylation sites (tertiary alicyclic amines) is 2. The number of urea groups is 1. The Balaban J connectivity index is 1.06. The average Bonchev–Trinajstić information content (AvgIpc) is 3.11. The van der Waals surface area contributed by atoms with Crippen LogP contribution in [0.15, 0.2) is 54.6 Å². The summed E-state index contributed by atoms with van der Waals surface area (Å²) in [6.45, 7) is 9.43. The second-order valence-electron chi connectivity index (χ2n) is 14.3. The van der Waals surface area contributed by atoms with Crippen molar-refractivity contribution in [3.05, 3.63) is 65.7 Å². The Morgan fingerprint density at radius 3 is 2.39 bits per heavy atom. The zero-order valence-electron chi connectivity index (χ0n) is 30.1. The first-order valence-electron chi connectivity index (χ1n) is 18.1. The van der Waals surface area contributed by atoms with Gasteiger partial charge in [-0.3, -0.25) is 9.59 Å². The summed E-state index contributed by atoms with van der Waals surface area (Å²) in [4.78, 5) is 53.1. The molecule has 0 aromatic heterocycles. The highest BCUT2D eigenvalue weighted by Crippen LogP contribution is 2.39. The number of hydrogen-bond acceptors (Lipinski definition) is 8. The third-order valence-corrected chi connectivity index (χ3v) is 9.33. The van der Waals surface area contributed by atoms with Crippen LogP contribution < -0.4 is 20.7 Å². The van der Waals surface area contributed by atoms with Crippen LogP contribution in [0.1, 0.15) is 63.5 Å². The summed E-state index contributed by atoms with van der Waals surface area (Å²) >= 11 is 0. The maximum atomic E-state index is 13.5. The number of ether oxygens (including phenoxy) is 4. The molecule has 51 heavy (non-hydrogen) atoms. The van der Waals surface area contributed by atoms with Crippen LogP contribution in [-0.4, -0.2) is 117 Å². The molecule has 3 heterocycles. The second-order valence-corrected chi connectivity index (χ2v) is 14.3. The normalized spacial score (nSPS) is 20.1. The molecule has 0 radical (unpaired) electrons. The molecule has 5 rings (SSSR count). The predicted molar refractivity (Wildman–Crippen MR) is 190 cm³/mol. The lowest BCUT2D eigenvalue weighted by Crippen LogP contribution is -2.62. The van der Waals surface area contributed by atoms with Crippen LogP contribution in [0.3, 0.4) is 0 Å². The van der Waals surface area contributed by atoms with Gasteiger partial charge in [-0.2, -0.15) is 0 Å². The molecular weight excluding hydrogens is 654 g/mol. The van der Waals surface area contributed by atoms with Gasteiger partial charge in [0, 0.05) is 45.1 Å². The minimum absolute atomic E-state index is 0.0265. The van der Waals surface area contributed by atoms with E-state index in [-0.39, 0.29) is 62.2 Å². The highest BCUT2D eigenvalue weighted by molar-refractivity contribution is 5.79. The molecule has 3 aliphatic heterocycles. The molecule has 0 unspecified atom stereocenters. The first kappa shape index (κ1) is 37.9. The monoisotopic (exact) mass is 707 g/mol. The lowest BCUT2D eigenvalue weighted by Gasteiger charge is -2.44. The summed E-state index contributed by atoms with van der Waals surface area (Å²) in [5.74, 6) is 0.939. The quantitative estimate of drug-likeness (QED) is 0.268. The van der Waals surface area contributed by atoms with Crippen LogP contribution in [-0.2, 0) is 23.8 Å². The van der Waals surface area contributed by atoms with Crippen molar-refractivity contribution in [3.8, 4) is 5.75 Å². The van der Waals surface area contributed by atoms with Crippen molar-refractivity contribution >= 4 is 23.9 Å². The number of rotatable bonds is 13. The number of hydrogen-bond donors (Lipinski definition) is 3. The summed E-state index contributed by atoms with van der Waals surface area (Å²) in [6.07, 6.45) is 2.14. The maximum absolute atomic E-state index is 13.5. The van der Waals surface area contributed by atoms with Gasteiger partial charge < -0.3 is 44.7 Å². The third kappa shape index (κ3) is 11.6. The molecule has 2 aromatic rings. The van der Waals surface area contributed by atoms with Crippen LogP contribution in [0.4, 0.5) is 9.59 Å². The minimum Gasteiger partial charge on any atom is -0.492 e. The van der Waals surface area contributed by atoms with Crippen molar-refractivity contribution in [2.45, 2.75) is 70.1 Å². The van der Waals surface area contributed by atoms with Crippen LogP contribution in [0.25, 0.3) is 0 Å². The first-order chi connectivity index (χ1) is 24.6. The van der Waals surface area contributed by atoms with Crippen molar-refractivity contribution < 1.29 is 38.1 Å². The molecule has 3 saturated heterocycles. The fourth-order valence-corrected chi connectivity index (χ4v) is 6.95. The van der Waals surface area contributed by atoms with Gasteiger partial charge >= 0.3 is 12.1 Å². The van der Waals surface area contributed by atoms with Crippen molar-refractivity contribution in [2.24, 2.45) is 5.92 Å². The Morgan fingerprint density at radius 1 is 0.902 bits per heavy atom. The molecular formula is C38H53N5O8. The molecule has 0 spiro atoms. The van der Waals surface area contributed by atoms with Gasteiger partial charge in [0.2, 0.25) is 11.8 Å². The molecule has 0 saturated carbocycles. The van der Waals surface area contributed by atoms with Crippen LogP contribution in [0.5, 0.6) is 5.75 Å². The summed E-state index contributed by atoms with van der Waals surface area (Å²) in [5.41, 5.74) is 1.82. The third-order valence-electron chi connectivity index (χ3n) is 9.33. The largest absolute Gasteiger partial charge is 0.492 e. The van der Waals surface area contributed by atoms with E-state index < -0.39 is 11.7 Å². The second kappa shape index (κ2) is 18.2. The van der Waals surface area contributed by atoms with Gasteiger partial charge in [0.1, 0.15) is 24.6 Å². The zero-order valence-corrected chi connectivity index (χ0v) is 30.1. The molecule has 278 valence electrons. The zero-order chi connectivity index (χ0) is 36.2. The highest BCUT2D eigenvalue weighted by Gasteiger charge is 2.38. The molecule has 2 aromatic carbocycles. The van der Waals surface area contributed by atoms with Crippen LogP contribution in [0, 0.1) is 5.92 Å². The summed E-state index contributed by atoms with van der Waals surface area (Å²) in [7, 11) is 0. The SMILES string of the molecule is CC(C)(C)OC(=O)NCCOCCC(=O)NCCOc1cccc([C@@H](c2ccccc2)C2CCN(C(=O)N3CC[C@@H]4OCC(=O)N[C@@H]4C3)CC2)c1. The van der Waals surface area contributed by atoms with Crippen molar-refractivity contribution in [1.82, 2.24) is 25.8 Å². The van der Waals surface area contributed by atoms with Crippen LogP contribution in [0.2, 0.25) is 0 Å². The molecule has 3 fully saturated rings. The molecule has 13 heteroatoms. The van der Waals surface area contributed by atoms with E-state index in [9.17, 15) is 19.2 Å². The van der Waals surface area contributed by atoms with Gasteiger partial charge in [0.25, 0.3) is 0 Å². The van der Waals surface area contributed by atoms with E-state index in [1.54, 1.807) is 20.8 Å². The molecule has 3 N–H and O–H groups in total. The Labute approximate surface area is 300 Å². The number of benzene rings is 2. The van der Waals surface area contributed by atoms with E-state index in [1.165, 1.54) is 5.56 Å². The number of alkyl carbamates (subject to hydrolysis) is 1. The number of piperidine rings is 2. The number of nitrogens with zero attached hydrogens (tertiary/aromatic N) is 2. The summed E-state index contributed by atoms with van der Waals surface area (Å²) in [5, 5.41) is 8.46. The molecule has 13 nitrogen and oxygen atoms in total. The number of amides is 5. The fourth-order valence-electron chi connectivity index (χ4n) is 6.95. The lowest BCUT2D eigenvalue weighted by molar-refractivity contribution is -0.139. The lowest BCUT2D eigenvalue weighted by atomic mass is 9.76. The van der Waals surface area contributed by atoms with Crippen molar-refractivity contribution in [1.29, 1.82) is 0 Å². The number of nitrogens with one attached hydrogen (secondary N) is 3. The Morgan fingerprint density at radius 2 is 1.63 bits per heavy atom. The van der Waals surface area contributed by atoms with Gasteiger partial charge in [-0.15, -0.1) is 0 Å². The Kier molecular flexibility index (Phi) is 13.5.